The number of aromatic nitrogens is 1. The molecule has 10 aromatic rings. The van der Waals surface area contributed by atoms with Crippen molar-refractivity contribution < 1.29 is 27.6 Å². The van der Waals surface area contributed by atoms with Gasteiger partial charge in [0.25, 0.3) is 0 Å². The van der Waals surface area contributed by atoms with Crippen molar-refractivity contribution in [1.29, 1.82) is 0 Å². The smallest absolute Gasteiger partial charge is 0.457 e. The summed E-state index contributed by atoms with van der Waals surface area (Å²) in [6.07, 6.45) is 2.04. The van der Waals surface area contributed by atoms with Gasteiger partial charge in [-0.15, -0.1) is 0 Å². The number of nitrogens with zero attached hydrogens (tertiary/aromatic N) is 2. The maximum atomic E-state index is 16.8. The number of hydrogen-bond acceptors (Lipinski definition) is 5. The van der Waals surface area contributed by atoms with Gasteiger partial charge in [-0.25, -0.2) is 4.99 Å². The molecule has 9 heteroatoms. The molecule has 2 heterocycles. The van der Waals surface area contributed by atoms with Crippen molar-refractivity contribution in [3.8, 4) is 68.4 Å². The zero-order chi connectivity index (χ0) is 52.0. The number of halogens is 2. The highest BCUT2D eigenvalue weighted by molar-refractivity contribution is 6.42. The van der Waals surface area contributed by atoms with Crippen LogP contribution in [-0.4, -0.2) is 17.6 Å². The van der Waals surface area contributed by atoms with Crippen LogP contribution >= 0.6 is 0 Å². The molecule has 0 unspecified atom stereocenters. The molecule has 9 aromatic carbocycles. The monoisotopic (exact) mass is 996 g/mol. The Labute approximate surface area is 442 Å². The van der Waals surface area contributed by atoms with E-state index in [1.54, 1.807) is 12.1 Å². The molecule has 0 radical (unpaired) electrons. The molecule has 0 saturated carbocycles. The summed E-state index contributed by atoms with van der Waals surface area (Å²) in [6.45, 7) is 6.47. The Hall–Kier alpha value is -9.47. The van der Waals surface area contributed by atoms with Crippen molar-refractivity contribution in [2.45, 2.75) is 26.2 Å². The van der Waals surface area contributed by atoms with Gasteiger partial charge in [-0.3, -0.25) is 8.63 Å². The summed E-state index contributed by atoms with van der Waals surface area (Å²) in [7, 11) is -2.99. The van der Waals surface area contributed by atoms with E-state index in [1.807, 2.05) is 231 Å². The fourth-order valence-electron chi connectivity index (χ4n) is 9.22. The van der Waals surface area contributed by atoms with Crippen molar-refractivity contribution in [3.63, 3.8) is 0 Å². The van der Waals surface area contributed by atoms with Crippen LogP contribution in [-0.2, 0) is 5.41 Å². The normalized spacial score (nSPS) is 12.9. The highest BCUT2D eigenvalue weighted by atomic mass is 19.2. The predicted molar refractivity (Wildman–Crippen MR) is 303 cm³/mol. The Morgan fingerprint density at radius 3 is 1.18 bits per heavy atom. The Bertz CT molecular complexity index is 3690. The Kier molecular flexibility index (Phi) is 13.8. The van der Waals surface area contributed by atoms with Crippen molar-refractivity contribution in [2.24, 2.45) is 4.99 Å². The molecule has 0 atom stereocenters. The van der Waals surface area contributed by atoms with Gasteiger partial charge in [0.1, 0.15) is 46.0 Å². The van der Waals surface area contributed by atoms with Gasteiger partial charge in [0.15, 0.2) is 0 Å². The quantitative estimate of drug-likeness (QED) is 0.0961. The molecule has 0 spiro atoms. The molecular weight excluding hydrogens is 946 g/mol. The molecule has 0 bridgehead atoms. The molecular formula is C67H51BF2N2O4. The summed E-state index contributed by atoms with van der Waals surface area (Å²) in [6, 6.07) is 78.7. The van der Waals surface area contributed by atoms with Crippen LogP contribution in [0.5, 0.6) is 46.0 Å². The van der Waals surface area contributed by atoms with Crippen LogP contribution < -0.4 is 18.9 Å². The topological polar surface area (TPSA) is 54.2 Å². The molecule has 0 fully saturated rings. The molecule has 0 amide bonds. The number of aliphatic imine (C=N–C) groups is 1. The molecule has 1 aliphatic heterocycles. The van der Waals surface area contributed by atoms with E-state index in [0.29, 0.717) is 85.2 Å². The number of hydrogen-bond donors (Lipinski definition) is 0. The molecule has 370 valence electrons. The Balaban J connectivity index is 1.13. The first-order valence-corrected chi connectivity index (χ1v) is 25.1. The lowest BCUT2D eigenvalue weighted by Crippen LogP contribution is -2.18. The van der Waals surface area contributed by atoms with Gasteiger partial charge in [-0.1, -0.05) is 142 Å². The van der Waals surface area contributed by atoms with E-state index in [2.05, 4.69) is 32.9 Å². The zero-order valence-corrected chi connectivity index (χ0v) is 42.1. The van der Waals surface area contributed by atoms with Gasteiger partial charge in [0.05, 0.1) is 17.1 Å². The first-order valence-electron chi connectivity index (χ1n) is 25.1. The van der Waals surface area contributed by atoms with Crippen LogP contribution in [0.25, 0.3) is 33.5 Å². The van der Waals surface area contributed by atoms with Gasteiger partial charge < -0.3 is 23.4 Å². The fraction of sp³-hybridized carbons (Fsp3) is 0.0597. The lowest BCUT2D eigenvalue weighted by atomic mass is 9.84. The average molecular weight is 997 g/mol. The van der Waals surface area contributed by atoms with Gasteiger partial charge in [0.2, 0.25) is 0 Å². The largest absolute Gasteiger partial charge is 0.678 e. The zero-order valence-electron chi connectivity index (χ0n) is 42.1. The first-order chi connectivity index (χ1) is 37.1. The fourth-order valence-corrected chi connectivity index (χ4v) is 9.22. The first kappa shape index (κ1) is 48.8. The summed E-state index contributed by atoms with van der Waals surface area (Å²) in [5.74, 6) is 5.25. The number of rotatable bonds is 15. The van der Waals surface area contributed by atoms with Crippen LogP contribution in [0.3, 0.4) is 0 Å². The van der Waals surface area contributed by atoms with E-state index < -0.39 is 7.40 Å². The van der Waals surface area contributed by atoms with Crippen LogP contribution in [0.4, 0.5) is 8.63 Å². The molecule has 0 saturated heterocycles. The standard InChI is InChI=1S/C67H51BF2N2O4/c1-67(2,3)51-34-24-50(25-35-51)64(65-60(46-26-36-56(37-27-46)73-52-16-8-4-9-17-52)44-62(71-65)48-30-40-58(41-31-48)75-54-20-12-6-13-21-54)66-61(47-28-38-57(39-29-47)74-53-18-10-5-11-19-53)45-63(72(66)68(69)70)49-32-42-59(43-33-49)76-55-22-14-7-15-23-55/h4-45H,1-3H3/b65-64-. The summed E-state index contributed by atoms with van der Waals surface area (Å²) < 4.78 is 59.5. The van der Waals surface area contributed by atoms with E-state index in [-0.39, 0.29) is 11.1 Å². The highest BCUT2D eigenvalue weighted by Crippen LogP contribution is 2.47. The van der Waals surface area contributed by atoms with Crippen LogP contribution in [0.2, 0.25) is 0 Å². The molecule has 1 aliphatic rings. The van der Waals surface area contributed by atoms with Crippen molar-refractivity contribution in [3.05, 3.63) is 288 Å². The maximum absolute atomic E-state index is 16.8. The summed E-state index contributed by atoms with van der Waals surface area (Å²) in [4.78, 5) is 5.51. The van der Waals surface area contributed by atoms with Gasteiger partial charge >= 0.3 is 7.40 Å². The highest BCUT2D eigenvalue weighted by Gasteiger charge is 2.34. The molecule has 1 aromatic heterocycles. The third kappa shape index (κ3) is 10.9. The molecule has 76 heavy (non-hydrogen) atoms. The molecule has 0 aliphatic carbocycles. The van der Waals surface area contributed by atoms with Gasteiger partial charge in [-0.05, 0) is 167 Å². The number of allylic oxidation sites excluding steroid dienone is 2. The van der Waals surface area contributed by atoms with Crippen molar-refractivity contribution in [2.75, 3.05) is 0 Å². The minimum Gasteiger partial charge on any atom is -0.457 e. The predicted octanol–water partition coefficient (Wildman–Crippen LogP) is 18.4. The molecule has 6 nitrogen and oxygen atoms in total. The van der Waals surface area contributed by atoms with Crippen LogP contribution in [0, 0.1) is 0 Å². The SMILES string of the molecule is CC(C)(C)c1ccc(/C(=C2/N=C(c3ccc(Oc4ccccc4)cc3)C=C2c2ccc(Oc3ccccc3)cc2)c2c(-c3ccc(Oc4ccccc4)cc3)cc(-c3ccc(Oc4ccccc4)cc3)n2B(F)F)cc1. The minimum atomic E-state index is -2.99. The van der Waals surface area contributed by atoms with Gasteiger partial charge in [-0.2, -0.15) is 0 Å². The van der Waals surface area contributed by atoms with Crippen molar-refractivity contribution >= 4 is 24.3 Å². The van der Waals surface area contributed by atoms with E-state index in [9.17, 15) is 0 Å². The summed E-state index contributed by atoms with van der Waals surface area (Å²) >= 11 is 0. The van der Waals surface area contributed by atoms with Crippen molar-refractivity contribution in [1.82, 2.24) is 4.48 Å². The third-order valence-electron chi connectivity index (χ3n) is 13.1. The lowest BCUT2D eigenvalue weighted by molar-refractivity contribution is 0.482. The van der Waals surface area contributed by atoms with E-state index >= 15 is 8.63 Å². The Morgan fingerprint density at radius 2 is 0.789 bits per heavy atom. The summed E-state index contributed by atoms with van der Waals surface area (Å²) in [5, 5.41) is 0. The van der Waals surface area contributed by atoms with E-state index in [4.69, 9.17) is 23.9 Å². The van der Waals surface area contributed by atoms with Gasteiger partial charge in [0, 0.05) is 28.0 Å². The van der Waals surface area contributed by atoms with Crippen LogP contribution in [0.1, 0.15) is 48.7 Å². The number of benzene rings is 9. The second kappa shape index (κ2) is 21.6. The van der Waals surface area contributed by atoms with E-state index in [1.165, 1.54) is 0 Å². The lowest BCUT2D eigenvalue weighted by Gasteiger charge is -2.22. The average Bonchev–Trinajstić information content (AvgIpc) is 4.08. The third-order valence-corrected chi connectivity index (χ3v) is 13.1. The van der Waals surface area contributed by atoms with Crippen LogP contribution in [0.15, 0.2) is 265 Å². The maximum Gasteiger partial charge on any atom is 0.678 e. The molecule has 11 rings (SSSR count). The number of ether oxygens (including phenoxy) is 4. The second-order valence-corrected chi connectivity index (χ2v) is 19.3. The number of para-hydroxylation sites is 4. The summed E-state index contributed by atoms with van der Waals surface area (Å²) in [5.41, 5.74) is 8.12. The Morgan fingerprint density at radius 1 is 0.421 bits per heavy atom. The van der Waals surface area contributed by atoms with E-state index in [0.717, 1.165) is 32.5 Å². The second-order valence-electron chi connectivity index (χ2n) is 19.3. The molecule has 0 N–H and O–H groups in total. The minimum absolute atomic E-state index is 0.184.